The van der Waals surface area contributed by atoms with Gasteiger partial charge in [-0.3, -0.25) is 4.79 Å². The van der Waals surface area contributed by atoms with Gasteiger partial charge >= 0.3 is 0 Å². The molecule has 1 aromatic rings. The van der Waals surface area contributed by atoms with Crippen LogP contribution < -0.4 is 5.32 Å². The van der Waals surface area contributed by atoms with E-state index in [1.54, 1.807) is 13.0 Å². The molecule has 0 saturated heterocycles. The minimum absolute atomic E-state index is 0.158. The summed E-state index contributed by atoms with van der Waals surface area (Å²) in [6.45, 7) is 2.15. The van der Waals surface area contributed by atoms with Crippen molar-refractivity contribution in [3.63, 3.8) is 0 Å². The first-order valence-electron chi connectivity index (χ1n) is 5.13. The van der Waals surface area contributed by atoms with Gasteiger partial charge in [0.25, 0.3) is 0 Å². The molecule has 1 amide bonds. The van der Waals surface area contributed by atoms with E-state index in [1.807, 2.05) is 30.3 Å². The van der Waals surface area contributed by atoms with Gasteiger partial charge < -0.3 is 5.32 Å². The topological polar surface area (TPSA) is 52.9 Å². The fourth-order valence-corrected chi connectivity index (χ4v) is 1.09. The standard InChI is InChI=1S/C13H14N2O/c1-11(9-14)10-15-13(16)8-7-12-5-3-2-4-6-12/h2-8,11H,10H2,1H3,(H,15,16)/b8-7+. The monoisotopic (exact) mass is 214 g/mol. The van der Waals surface area contributed by atoms with Crippen molar-refractivity contribution in [2.24, 2.45) is 5.92 Å². The maximum absolute atomic E-state index is 11.3. The van der Waals surface area contributed by atoms with Gasteiger partial charge in [-0.05, 0) is 18.6 Å². The summed E-state index contributed by atoms with van der Waals surface area (Å²) in [7, 11) is 0. The number of nitrogens with zero attached hydrogens (tertiary/aromatic N) is 1. The van der Waals surface area contributed by atoms with Crippen molar-refractivity contribution in [1.29, 1.82) is 5.26 Å². The second-order valence-corrected chi connectivity index (χ2v) is 3.52. The molecule has 0 saturated carbocycles. The van der Waals surface area contributed by atoms with Crippen molar-refractivity contribution in [3.8, 4) is 6.07 Å². The van der Waals surface area contributed by atoms with Crippen LogP contribution in [0, 0.1) is 17.2 Å². The Bertz CT molecular complexity index is 404. The largest absolute Gasteiger partial charge is 0.351 e. The van der Waals surface area contributed by atoms with E-state index in [2.05, 4.69) is 11.4 Å². The summed E-state index contributed by atoms with van der Waals surface area (Å²) in [5.74, 6) is -0.333. The van der Waals surface area contributed by atoms with E-state index < -0.39 is 0 Å². The first kappa shape index (κ1) is 12.0. The Morgan fingerprint density at radius 1 is 1.50 bits per heavy atom. The van der Waals surface area contributed by atoms with Crippen LogP contribution in [-0.2, 0) is 4.79 Å². The Labute approximate surface area is 95.4 Å². The molecule has 1 rings (SSSR count). The smallest absolute Gasteiger partial charge is 0.244 e. The lowest BCUT2D eigenvalue weighted by molar-refractivity contribution is -0.116. The summed E-state index contributed by atoms with van der Waals surface area (Å²) in [6.07, 6.45) is 3.21. The van der Waals surface area contributed by atoms with Gasteiger partial charge in [0.1, 0.15) is 0 Å². The van der Waals surface area contributed by atoms with Crippen molar-refractivity contribution in [2.75, 3.05) is 6.54 Å². The molecule has 0 aliphatic rings. The Morgan fingerprint density at radius 2 is 2.19 bits per heavy atom. The molecule has 0 aliphatic carbocycles. The third-order valence-electron chi connectivity index (χ3n) is 2.03. The zero-order valence-electron chi connectivity index (χ0n) is 9.18. The molecular formula is C13H14N2O. The predicted molar refractivity (Wildman–Crippen MR) is 63.3 cm³/mol. The fourth-order valence-electron chi connectivity index (χ4n) is 1.09. The Balaban J connectivity index is 2.41. The molecule has 0 aromatic heterocycles. The number of rotatable bonds is 4. The maximum atomic E-state index is 11.3. The van der Waals surface area contributed by atoms with Crippen LogP contribution in [0.4, 0.5) is 0 Å². The van der Waals surface area contributed by atoms with Crippen LogP contribution in [0.15, 0.2) is 36.4 Å². The van der Waals surface area contributed by atoms with Crippen molar-refractivity contribution in [1.82, 2.24) is 5.32 Å². The SMILES string of the molecule is CC(C#N)CNC(=O)/C=C/c1ccccc1. The van der Waals surface area contributed by atoms with Crippen molar-refractivity contribution in [2.45, 2.75) is 6.92 Å². The lowest BCUT2D eigenvalue weighted by atomic mass is 10.2. The van der Waals surface area contributed by atoms with E-state index in [9.17, 15) is 4.79 Å². The van der Waals surface area contributed by atoms with E-state index >= 15 is 0 Å². The molecule has 1 atom stereocenters. The summed E-state index contributed by atoms with van der Waals surface area (Å²) in [5, 5.41) is 11.2. The minimum Gasteiger partial charge on any atom is -0.351 e. The first-order chi connectivity index (χ1) is 7.72. The summed E-state index contributed by atoms with van der Waals surface area (Å²) >= 11 is 0. The van der Waals surface area contributed by atoms with Crippen LogP contribution in [0.25, 0.3) is 6.08 Å². The summed E-state index contributed by atoms with van der Waals surface area (Å²) in [6, 6.07) is 11.6. The van der Waals surface area contributed by atoms with Gasteiger partial charge in [0.15, 0.2) is 0 Å². The van der Waals surface area contributed by atoms with Gasteiger partial charge in [0.05, 0.1) is 12.0 Å². The van der Waals surface area contributed by atoms with Crippen LogP contribution in [-0.4, -0.2) is 12.5 Å². The molecule has 0 aliphatic heterocycles. The van der Waals surface area contributed by atoms with Crippen LogP contribution >= 0.6 is 0 Å². The summed E-state index contributed by atoms with van der Waals surface area (Å²) < 4.78 is 0. The lowest BCUT2D eigenvalue weighted by Crippen LogP contribution is -2.25. The number of carbonyl (C=O) groups is 1. The van der Waals surface area contributed by atoms with E-state index in [4.69, 9.17) is 5.26 Å². The van der Waals surface area contributed by atoms with E-state index in [1.165, 1.54) is 6.08 Å². The highest BCUT2D eigenvalue weighted by Crippen LogP contribution is 2.00. The van der Waals surface area contributed by atoms with Crippen molar-refractivity contribution < 1.29 is 4.79 Å². The number of nitrogens with one attached hydrogen (secondary N) is 1. The molecule has 0 spiro atoms. The first-order valence-corrected chi connectivity index (χ1v) is 5.13. The van der Waals surface area contributed by atoms with Crippen LogP contribution in [0.3, 0.4) is 0 Å². The van der Waals surface area contributed by atoms with Gasteiger partial charge in [0.2, 0.25) is 5.91 Å². The number of benzene rings is 1. The molecule has 1 N–H and O–H groups in total. The van der Waals surface area contributed by atoms with Crippen molar-refractivity contribution in [3.05, 3.63) is 42.0 Å². The second kappa shape index (κ2) is 6.41. The fraction of sp³-hybridized carbons (Fsp3) is 0.231. The average Bonchev–Trinajstić information content (AvgIpc) is 2.34. The third-order valence-corrected chi connectivity index (χ3v) is 2.03. The van der Waals surface area contributed by atoms with Crippen molar-refractivity contribution >= 4 is 12.0 Å². The predicted octanol–water partition coefficient (Wildman–Crippen LogP) is 1.98. The van der Waals surface area contributed by atoms with E-state index in [0.29, 0.717) is 6.54 Å². The quantitative estimate of drug-likeness (QED) is 0.779. The Hall–Kier alpha value is -2.08. The molecule has 82 valence electrons. The molecule has 0 fully saturated rings. The summed E-state index contributed by atoms with van der Waals surface area (Å²) in [4.78, 5) is 11.3. The lowest BCUT2D eigenvalue weighted by Gasteiger charge is -2.02. The van der Waals surface area contributed by atoms with Crippen LogP contribution in [0.2, 0.25) is 0 Å². The number of hydrogen-bond acceptors (Lipinski definition) is 2. The van der Waals surface area contributed by atoms with Crippen LogP contribution in [0.1, 0.15) is 12.5 Å². The van der Waals surface area contributed by atoms with Gasteiger partial charge in [-0.15, -0.1) is 0 Å². The molecular weight excluding hydrogens is 200 g/mol. The summed E-state index contributed by atoms with van der Waals surface area (Å²) in [5.41, 5.74) is 0.978. The Morgan fingerprint density at radius 3 is 2.81 bits per heavy atom. The van der Waals surface area contributed by atoms with Gasteiger partial charge in [0, 0.05) is 12.6 Å². The molecule has 3 nitrogen and oxygen atoms in total. The number of nitriles is 1. The second-order valence-electron chi connectivity index (χ2n) is 3.52. The third kappa shape index (κ3) is 4.43. The molecule has 3 heteroatoms. The number of hydrogen-bond donors (Lipinski definition) is 1. The molecule has 1 unspecified atom stereocenters. The van der Waals surface area contributed by atoms with Gasteiger partial charge in [-0.1, -0.05) is 30.3 Å². The van der Waals surface area contributed by atoms with Gasteiger partial charge in [-0.25, -0.2) is 0 Å². The average molecular weight is 214 g/mol. The number of carbonyl (C=O) groups excluding carboxylic acids is 1. The molecule has 1 aromatic carbocycles. The van der Waals surface area contributed by atoms with Gasteiger partial charge in [-0.2, -0.15) is 5.26 Å². The van der Waals surface area contributed by atoms with E-state index in [0.717, 1.165) is 5.56 Å². The van der Waals surface area contributed by atoms with E-state index in [-0.39, 0.29) is 11.8 Å². The molecule has 0 heterocycles. The molecule has 16 heavy (non-hydrogen) atoms. The number of amides is 1. The zero-order chi connectivity index (χ0) is 11.8. The molecule has 0 radical (unpaired) electrons. The normalized spacial score (nSPS) is 12.0. The highest BCUT2D eigenvalue weighted by Gasteiger charge is 2.00. The minimum atomic E-state index is -0.175. The zero-order valence-corrected chi connectivity index (χ0v) is 9.18. The highest BCUT2D eigenvalue weighted by atomic mass is 16.1. The highest BCUT2D eigenvalue weighted by molar-refractivity contribution is 5.91. The van der Waals surface area contributed by atoms with Crippen LogP contribution in [0.5, 0.6) is 0 Å². The maximum Gasteiger partial charge on any atom is 0.244 e. The molecule has 0 bridgehead atoms. The Kier molecular flexibility index (Phi) is 4.81.